The van der Waals surface area contributed by atoms with Crippen molar-refractivity contribution in [2.45, 2.75) is 75.2 Å². The van der Waals surface area contributed by atoms with E-state index in [-0.39, 0.29) is 36.1 Å². The van der Waals surface area contributed by atoms with Gasteiger partial charge in [-0.3, -0.25) is 0 Å². The monoisotopic (exact) mass is 600 g/mol. The van der Waals surface area contributed by atoms with E-state index in [0.717, 1.165) is 37.9 Å². The Kier molecular flexibility index (Phi) is 9.77. The first kappa shape index (κ1) is 30.8. The maximum absolute atomic E-state index is 13.7. The molecule has 42 heavy (non-hydrogen) atoms. The number of sulfonamides is 1. The van der Waals surface area contributed by atoms with Crippen LogP contribution >= 0.6 is 0 Å². The van der Waals surface area contributed by atoms with Gasteiger partial charge < -0.3 is 24.6 Å². The lowest BCUT2D eigenvalue weighted by Crippen LogP contribution is -2.51. The van der Waals surface area contributed by atoms with Crippen molar-refractivity contribution in [2.75, 3.05) is 26.8 Å². The van der Waals surface area contributed by atoms with Crippen LogP contribution in [0.2, 0.25) is 0 Å². The smallest absolute Gasteiger partial charge is 0.407 e. The van der Waals surface area contributed by atoms with E-state index in [2.05, 4.69) is 5.32 Å². The molecule has 0 radical (unpaired) electrons. The summed E-state index contributed by atoms with van der Waals surface area (Å²) in [4.78, 5) is 13.4. The average Bonchev–Trinajstić information content (AvgIpc) is 3.55. The van der Waals surface area contributed by atoms with Gasteiger partial charge in [0, 0.05) is 19.0 Å². The Bertz CT molecular complexity index is 1290. The van der Waals surface area contributed by atoms with Crippen LogP contribution in [0, 0.1) is 23.7 Å². The van der Waals surface area contributed by atoms with E-state index in [1.165, 1.54) is 23.5 Å². The van der Waals surface area contributed by atoms with Gasteiger partial charge >= 0.3 is 6.09 Å². The van der Waals surface area contributed by atoms with Crippen LogP contribution in [0.15, 0.2) is 59.5 Å². The SMILES string of the molecule is COc1ccc(S(=O)(=O)N(CC(C)C)C[C@@H](O)[C@H](Cc2ccccc2)NC(=O)O[C@H]2C[C@H]3CO[C@H]4CCC[C@@H]2[C@@H]34)cc1. The number of rotatable bonds is 12. The Morgan fingerprint density at radius 1 is 1.10 bits per heavy atom. The molecule has 10 heteroatoms. The third kappa shape index (κ3) is 6.93. The quantitative estimate of drug-likeness (QED) is 0.375. The molecule has 3 aliphatic rings. The number of nitrogens with zero attached hydrogens (tertiary/aromatic N) is 1. The summed E-state index contributed by atoms with van der Waals surface area (Å²) in [5.74, 6) is 1.75. The van der Waals surface area contributed by atoms with Gasteiger partial charge in [0.15, 0.2) is 0 Å². The van der Waals surface area contributed by atoms with Crippen LogP contribution in [0.5, 0.6) is 5.75 Å². The highest BCUT2D eigenvalue weighted by Crippen LogP contribution is 2.51. The molecule has 9 nitrogen and oxygen atoms in total. The number of hydrogen-bond acceptors (Lipinski definition) is 7. The molecule has 7 atom stereocenters. The van der Waals surface area contributed by atoms with E-state index in [9.17, 15) is 18.3 Å². The van der Waals surface area contributed by atoms with Gasteiger partial charge in [-0.2, -0.15) is 4.31 Å². The Hall–Kier alpha value is -2.66. The van der Waals surface area contributed by atoms with Crippen molar-refractivity contribution < 1.29 is 32.5 Å². The summed E-state index contributed by atoms with van der Waals surface area (Å²) >= 11 is 0. The van der Waals surface area contributed by atoms with Gasteiger partial charge in [-0.1, -0.05) is 50.6 Å². The number of carbonyl (C=O) groups is 1. The molecule has 0 unspecified atom stereocenters. The van der Waals surface area contributed by atoms with E-state index in [4.69, 9.17) is 14.2 Å². The molecule has 3 fully saturated rings. The number of carbonyl (C=O) groups excluding carboxylic acids is 1. The van der Waals surface area contributed by atoms with Gasteiger partial charge in [0.05, 0.1) is 36.9 Å². The minimum Gasteiger partial charge on any atom is -0.497 e. The lowest BCUT2D eigenvalue weighted by Gasteiger charge is -2.33. The molecule has 1 heterocycles. The van der Waals surface area contributed by atoms with Crippen molar-refractivity contribution in [3.8, 4) is 5.75 Å². The van der Waals surface area contributed by atoms with E-state index in [0.29, 0.717) is 29.9 Å². The van der Waals surface area contributed by atoms with Gasteiger partial charge in [0.2, 0.25) is 10.0 Å². The minimum atomic E-state index is -3.93. The number of hydrogen-bond donors (Lipinski definition) is 2. The number of aliphatic hydroxyl groups excluding tert-OH is 1. The van der Waals surface area contributed by atoms with Gasteiger partial charge in [0.25, 0.3) is 0 Å². The first-order chi connectivity index (χ1) is 20.2. The van der Waals surface area contributed by atoms with Gasteiger partial charge in [-0.25, -0.2) is 13.2 Å². The fraction of sp³-hybridized carbons (Fsp3) is 0.594. The van der Waals surface area contributed by atoms with Crippen molar-refractivity contribution in [1.82, 2.24) is 9.62 Å². The Balaban J connectivity index is 1.31. The summed E-state index contributed by atoms with van der Waals surface area (Å²) in [5, 5.41) is 14.4. The number of ether oxygens (including phenoxy) is 3. The molecule has 1 saturated heterocycles. The number of aliphatic hydroxyl groups is 1. The topological polar surface area (TPSA) is 114 Å². The fourth-order valence-corrected chi connectivity index (χ4v) is 8.70. The zero-order valence-electron chi connectivity index (χ0n) is 24.7. The Morgan fingerprint density at radius 3 is 2.52 bits per heavy atom. The van der Waals surface area contributed by atoms with Crippen LogP contribution in [-0.4, -0.2) is 75.1 Å². The molecule has 0 aromatic heterocycles. The van der Waals surface area contributed by atoms with Crippen LogP contribution in [0.3, 0.4) is 0 Å². The highest BCUT2D eigenvalue weighted by molar-refractivity contribution is 7.89. The second-order valence-electron chi connectivity index (χ2n) is 12.4. The molecule has 2 aliphatic carbocycles. The highest BCUT2D eigenvalue weighted by atomic mass is 32.2. The summed E-state index contributed by atoms with van der Waals surface area (Å²) in [6.45, 7) is 4.62. The third-order valence-electron chi connectivity index (χ3n) is 9.01. The van der Waals surface area contributed by atoms with Crippen molar-refractivity contribution in [2.24, 2.45) is 23.7 Å². The molecule has 1 amide bonds. The van der Waals surface area contributed by atoms with Crippen molar-refractivity contribution in [3.63, 3.8) is 0 Å². The predicted molar refractivity (Wildman–Crippen MR) is 159 cm³/mol. The average molecular weight is 601 g/mol. The van der Waals surface area contributed by atoms with Gasteiger partial charge in [-0.15, -0.1) is 0 Å². The highest BCUT2D eigenvalue weighted by Gasteiger charge is 2.53. The second-order valence-corrected chi connectivity index (χ2v) is 14.3. The Labute approximate surface area is 249 Å². The first-order valence-corrected chi connectivity index (χ1v) is 16.5. The predicted octanol–water partition coefficient (Wildman–Crippen LogP) is 4.24. The second kappa shape index (κ2) is 13.3. The molecule has 2 N–H and O–H groups in total. The molecule has 230 valence electrons. The molecule has 0 bridgehead atoms. The molecule has 5 rings (SSSR count). The van der Waals surface area contributed by atoms with Crippen LogP contribution in [0.1, 0.15) is 45.1 Å². The van der Waals surface area contributed by atoms with Crippen molar-refractivity contribution in [1.29, 1.82) is 0 Å². The standard InChI is InChI=1S/C32H44N2O7S/c1-21(2)18-34(42(37,38)25-14-12-24(39-3)13-15-25)19-28(35)27(16-22-8-5-4-6-9-22)33-32(36)41-30-17-23-20-40-29-11-7-10-26(30)31(23)29/h4-6,8-9,12-15,21,23,26-31,35H,7,10-11,16-20H2,1-3H3,(H,33,36)/t23-,26-,27-,28+,29-,30-,31+/m0/s1. The molecule has 1 aliphatic heterocycles. The maximum Gasteiger partial charge on any atom is 0.407 e. The van der Waals surface area contributed by atoms with Gasteiger partial charge in [-0.05, 0) is 73.3 Å². The molecule has 2 saturated carbocycles. The fourth-order valence-electron chi connectivity index (χ4n) is 7.07. The van der Waals surface area contributed by atoms with E-state index >= 15 is 0 Å². The third-order valence-corrected chi connectivity index (χ3v) is 10.9. The summed E-state index contributed by atoms with van der Waals surface area (Å²) < 4.78 is 45.9. The van der Waals surface area contributed by atoms with Crippen LogP contribution in [0.4, 0.5) is 4.79 Å². The van der Waals surface area contributed by atoms with Gasteiger partial charge in [0.1, 0.15) is 11.9 Å². The Morgan fingerprint density at radius 2 is 1.83 bits per heavy atom. The number of alkyl carbamates (subject to hydrolysis) is 1. The molecule has 2 aromatic rings. The van der Waals surface area contributed by atoms with Crippen LogP contribution < -0.4 is 10.1 Å². The maximum atomic E-state index is 13.7. The number of nitrogens with one attached hydrogen (secondary N) is 1. The minimum absolute atomic E-state index is 0.0147. The first-order valence-electron chi connectivity index (χ1n) is 15.1. The van der Waals surface area contributed by atoms with Crippen molar-refractivity contribution >= 4 is 16.1 Å². The normalized spacial score (nSPS) is 26.6. The number of benzene rings is 2. The molecule has 0 spiro atoms. The van der Waals surface area contributed by atoms with E-state index < -0.39 is 28.3 Å². The summed E-state index contributed by atoms with van der Waals surface area (Å²) in [5.41, 5.74) is 0.915. The molecule has 2 aromatic carbocycles. The van der Waals surface area contributed by atoms with Crippen LogP contribution in [-0.2, 0) is 25.9 Å². The lowest BCUT2D eigenvalue weighted by molar-refractivity contribution is -0.00408. The van der Waals surface area contributed by atoms with Crippen LogP contribution in [0.25, 0.3) is 0 Å². The summed E-state index contributed by atoms with van der Waals surface area (Å²) in [7, 11) is -2.40. The van der Waals surface area contributed by atoms with E-state index in [1.807, 2.05) is 44.2 Å². The zero-order valence-corrected chi connectivity index (χ0v) is 25.5. The molecular weight excluding hydrogens is 556 g/mol. The molecular formula is C32H44N2O7S. The van der Waals surface area contributed by atoms with Crippen molar-refractivity contribution in [3.05, 3.63) is 60.2 Å². The summed E-state index contributed by atoms with van der Waals surface area (Å²) in [6, 6.07) is 15.0. The lowest BCUT2D eigenvalue weighted by atomic mass is 9.77. The number of methoxy groups -OCH3 is 1. The number of amides is 1. The summed E-state index contributed by atoms with van der Waals surface area (Å²) in [6.07, 6.45) is 2.65. The zero-order chi connectivity index (χ0) is 29.9. The van der Waals surface area contributed by atoms with E-state index in [1.54, 1.807) is 12.1 Å². The largest absolute Gasteiger partial charge is 0.497 e.